The van der Waals surface area contributed by atoms with Crippen molar-refractivity contribution >= 4 is 29.3 Å². The van der Waals surface area contributed by atoms with Crippen LogP contribution in [0.5, 0.6) is 0 Å². The van der Waals surface area contributed by atoms with Crippen LogP contribution in [-0.2, 0) is 14.3 Å². The van der Waals surface area contributed by atoms with Crippen LogP contribution < -0.4 is 10.6 Å². The molecule has 0 spiro atoms. The fraction of sp³-hybridized carbons (Fsp3) is 0.400. The molecule has 7 heteroatoms. The Kier molecular flexibility index (Phi) is 8.04. The summed E-state index contributed by atoms with van der Waals surface area (Å²) in [6.07, 6.45) is 0.804. The van der Waals surface area contributed by atoms with Crippen LogP contribution in [0.2, 0.25) is 0 Å². The van der Waals surface area contributed by atoms with E-state index >= 15 is 0 Å². The van der Waals surface area contributed by atoms with Gasteiger partial charge < -0.3 is 15.4 Å². The van der Waals surface area contributed by atoms with Crippen LogP contribution in [0.15, 0.2) is 29.2 Å². The number of thiocyanates is 1. The number of ether oxygens (including phenoxy) is 1. The predicted molar refractivity (Wildman–Crippen MR) is 85.3 cm³/mol. The maximum Gasteiger partial charge on any atom is 0.313 e. The van der Waals surface area contributed by atoms with Gasteiger partial charge in [-0.3, -0.25) is 9.59 Å². The Morgan fingerprint density at radius 1 is 1.27 bits per heavy atom. The largest absolute Gasteiger partial charge is 0.379 e. The van der Waals surface area contributed by atoms with E-state index in [1.54, 1.807) is 24.3 Å². The van der Waals surface area contributed by atoms with Gasteiger partial charge in [0.15, 0.2) is 0 Å². The van der Waals surface area contributed by atoms with Gasteiger partial charge in [-0.1, -0.05) is 0 Å². The van der Waals surface area contributed by atoms with Gasteiger partial charge in [-0.05, 0) is 56.3 Å². The van der Waals surface area contributed by atoms with Crippen LogP contribution in [0.25, 0.3) is 0 Å². The lowest BCUT2D eigenvalue weighted by Crippen LogP contribution is -2.36. The number of anilines is 1. The number of rotatable bonds is 7. The lowest BCUT2D eigenvalue weighted by atomic mass is 10.3. The van der Waals surface area contributed by atoms with Crippen molar-refractivity contribution in [1.82, 2.24) is 5.32 Å². The molecule has 0 aliphatic heterocycles. The van der Waals surface area contributed by atoms with Gasteiger partial charge in [-0.25, -0.2) is 0 Å². The molecule has 0 saturated heterocycles. The SMILES string of the molecule is CC(C)OCCCNC(=O)C(=O)Nc1ccc(SC#N)cc1. The number of hydrogen-bond donors (Lipinski definition) is 2. The molecular weight excluding hydrogens is 302 g/mol. The second kappa shape index (κ2) is 9.82. The zero-order valence-electron chi connectivity index (χ0n) is 12.6. The van der Waals surface area contributed by atoms with Crippen molar-refractivity contribution in [3.8, 4) is 5.40 Å². The third kappa shape index (κ3) is 7.11. The van der Waals surface area contributed by atoms with E-state index in [1.165, 1.54) is 0 Å². The molecule has 0 radical (unpaired) electrons. The van der Waals surface area contributed by atoms with Crippen molar-refractivity contribution < 1.29 is 14.3 Å². The van der Waals surface area contributed by atoms with Gasteiger partial charge in [0.05, 0.1) is 6.10 Å². The lowest BCUT2D eigenvalue weighted by molar-refractivity contribution is -0.136. The summed E-state index contributed by atoms with van der Waals surface area (Å²) in [5.74, 6) is -1.40. The number of carbonyl (C=O) groups excluding carboxylic acids is 2. The first kappa shape index (κ1) is 18.0. The molecule has 2 amide bonds. The standard InChI is InChI=1S/C15H19N3O3S/c1-11(2)21-9-3-8-17-14(19)15(20)18-12-4-6-13(7-5-12)22-10-16/h4-7,11H,3,8-9H2,1-2H3,(H,17,19)(H,18,20). The van der Waals surface area contributed by atoms with Gasteiger partial charge in [-0.2, -0.15) is 5.26 Å². The number of amides is 2. The molecule has 1 aromatic rings. The highest BCUT2D eigenvalue weighted by Crippen LogP contribution is 2.18. The van der Waals surface area contributed by atoms with Gasteiger partial charge in [0.25, 0.3) is 0 Å². The van der Waals surface area contributed by atoms with Gasteiger partial charge in [0.2, 0.25) is 0 Å². The Labute approximate surface area is 134 Å². The number of benzene rings is 1. The lowest BCUT2D eigenvalue weighted by Gasteiger charge is -2.08. The second-order valence-electron chi connectivity index (χ2n) is 4.70. The molecular formula is C15H19N3O3S. The molecule has 0 fully saturated rings. The van der Waals surface area contributed by atoms with Gasteiger partial charge >= 0.3 is 11.8 Å². The highest BCUT2D eigenvalue weighted by Gasteiger charge is 2.12. The quantitative estimate of drug-likeness (QED) is 0.347. The molecule has 0 aromatic heterocycles. The Hall–Kier alpha value is -2.04. The molecule has 6 nitrogen and oxygen atoms in total. The minimum atomic E-state index is -0.717. The van der Waals surface area contributed by atoms with Gasteiger partial charge in [0, 0.05) is 23.7 Å². The molecule has 2 N–H and O–H groups in total. The van der Waals surface area contributed by atoms with E-state index in [9.17, 15) is 9.59 Å². The van der Waals surface area contributed by atoms with Crippen LogP contribution in [0.1, 0.15) is 20.3 Å². The molecule has 0 saturated carbocycles. The van der Waals surface area contributed by atoms with Gasteiger partial charge in [0.1, 0.15) is 5.40 Å². The van der Waals surface area contributed by atoms with Crippen LogP contribution in [0.4, 0.5) is 5.69 Å². The van der Waals surface area contributed by atoms with Crippen molar-refractivity contribution in [2.45, 2.75) is 31.3 Å². The molecule has 0 aliphatic carbocycles. The van der Waals surface area contributed by atoms with E-state index in [0.29, 0.717) is 25.3 Å². The van der Waals surface area contributed by atoms with E-state index in [0.717, 1.165) is 16.7 Å². The average Bonchev–Trinajstić information content (AvgIpc) is 2.48. The number of thioether (sulfide) groups is 1. The minimum absolute atomic E-state index is 0.154. The fourth-order valence-corrected chi connectivity index (χ4v) is 1.90. The molecule has 0 atom stereocenters. The zero-order chi connectivity index (χ0) is 16.4. The normalized spacial score (nSPS) is 10.1. The topological polar surface area (TPSA) is 91.2 Å². The number of carbonyl (C=O) groups is 2. The van der Waals surface area contributed by atoms with E-state index in [1.807, 2.05) is 19.2 Å². The Balaban J connectivity index is 2.31. The van der Waals surface area contributed by atoms with Gasteiger partial charge in [-0.15, -0.1) is 0 Å². The summed E-state index contributed by atoms with van der Waals surface area (Å²) in [5, 5.41) is 15.5. The molecule has 0 aliphatic rings. The molecule has 1 rings (SSSR count). The Morgan fingerprint density at radius 3 is 2.55 bits per heavy atom. The summed E-state index contributed by atoms with van der Waals surface area (Å²) in [4.78, 5) is 24.1. The van der Waals surface area contributed by atoms with Crippen molar-refractivity contribution in [2.24, 2.45) is 0 Å². The number of nitriles is 1. The number of hydrogen-bond acceptors (Lipinski definition) is 5. The van der Waals surface area contributed by atoms with Crippen molar-refractivity contribution in [3.63, 3.8) is 0 Å². The van der Waals surface area contributed by atoms with E-state index in [4.69, 9.17) is 10.00 Å². The molecule has 0 bridgehead atoms. The fourth-order valence-electron chi connectivity index (χ4n) is 1.52. The van der Waals surface area contributed by atoms with E-state index < -0.39 is 11.8 Å². The zero-order valence-corrected chi connectivity index (χ0v) is 13.4. The first-order valence-electron chi connectivity index (χ1n) is 6.89. The summed E-state index contributed by atoms with van der Waals surface area (Å²) >= 11 is 1.03. The Bertz CT molecular complexity index is 538. The minimum Gasteiger partial charge on any atom is -0.379 e. The van der Waals surface area contributed by atoms with Crippen LogP contribution in [0.3, 0.4) is 0 Å². The van der Waals surface area contributed by atoms with Crippen molar-refractivity contribution in [3.05, 3.63) is 24.3 Å². The molecule has 1 aromatic carbocycles. The van der Waals surface area contributed by atoms with Crippen LogP contribution >= 0.6 is 11.8 Å². The maximum absolute atomic E-state index is 11.7. The average molecular weight is 321 g/mol. The monoisotopic (exact) mass is 321 g/mol. The number of nitrogens with zero attached hydrogens (tertiary/aromatic N) is 1. The van der Waals surface area contributed by atoms with Crippen LogP contribution in [-0.4, -0.2) is 31.1 Å². The summed E-state index contributed by atoms with van der Waals surface area (Å²) in [5.41, 5.74) is 0.505. The number of nitrogens with one attached hydrogen (secondary N) is 2. The van der Waals surface area contributed by atoms with Crippen molar-refractivity contribution in [2.75, 3.05) is 18.5 Å². The Morgan fingerprint density at radius 2 is 1.95 bits per heavy atom. The maximum atomic E-state index is 11.7. The molecule has 0 unspecified atom stereocenters. The highest BCUT2D eigenvalue weighted by atomic mass is 32.2. The van der Waals surface area contributed by atoms with Crippen molar-refractivity contribution in [1.29, 1.82) is 5.26 Å². The molecule has 0 heterocycles. The summed E-state index contributed by atoms with van der Waals surface area (Å²) < 4.78 is 5.33. The summed E-state index contributed by atoms with van der Waals surface area (Å²) in [7, 11) is 0. The first-order chi connectivity index (χ1) is 10.5. The third-order valence-electron chi connectivity index (χ3n) is 2.54. The first-order valence-corrected chi connectivity index (χ1v) is 7.71. The summed E-state index contributed by atoms with van der Waals surface area (Å²) in [6.45, 7) is 4.80. The highest BCUT2D eigenvalue weighted by molar-refractivity contribution is 8.03. The van der Waals surface area contributed by atoms with E-state index in [2.05, 4.69) is 10.6 Å². The van der Waals surface area contributed by atoms with E-state index in [-0.39, 0.29) is 6.10 Å². The third-order valence-corrected chi connectivity index (χ3v) is 3.14. The molecule has 22 heavy (non-hydrogen) atoms. The second-order valence-corrected chi connectivity index (χ2v) is 5.56. The van der Waals surface area contributed by atoms with Crippen LogP contribution in [0, 0.1) is 10.7 Å². The predicted octanol–water partition coefficient (Wildman–Crippen LogP) is 2.13. The summed E-state index contributed by atoms with van der Waals surface area (Å²) in [6, 6.07) is 6.68. The molecule has 118 valence electrons. The smallest absolute Gasteiger partial charge is 0.313 e.